The Morgan fingerprint density at radius 1 is 1.35 bits per heavy atom. The number of nitrogens with one attached hydrogen (secondary N) is 3. The van der Waals surface area contributed by atoms with E-state index in [1.54, 1.807) is 6.92 Å². The van der Waals surface area contributed by atoms with Crippen molar-refractivity contribution in [1.29, 1.82) is 0 Å². The SMILES string of the molecule is C=CC(=O)Nc1cccc(C2C=C(CN3CCOCC3)C=C(Nc3nnc(C)o3)N2)c1. The molecule has 1 aromatic carbocycles. The van der Waals surface area contributed by atoms with Gasteiger partial charge in [-0.3, -0.25) is 15.0 Å². The molecule has 1 unspecified atom stereocenters. The van der Waals surface area contributed by atoms with Crippen molar-refractivity contribution in [2.24, 2.45) is 0 Å². The summed E-state index contributed by atoms with van der Waals surface area (Å²) in [6.07, 6.45) is 5.49. The number of aryl methyl sites for hydroxylation is 1. The molecule has 162 valence electrons. The molecule has 31 heavy (non-hydrogen) atoms. The van der Waals surface area contributed by atoms with Crippen LogP contribution in [0.1, 0.15) is 17.5 Å². The van der Waals surface area contributed by atoms with Gasteiger partial charge in [0.25, 0.3) is 0 Å². The highest BCUT2D eigenvalue weighted by Gasteiger charge is 2.20. The van der Waals surface area contributed by atoms with Crippen molar-refractivity contribution in [3.63, 3.8) is 0 Å². The second-order valence-corrected chi connectivity index (χ2v) is 7.38. The predicted molar refractivity (Wildman–Crippen MR) is 117 cm³/mol. The summed E-state index contributed by atoms with van der Waals surface area (Å²) >= 11 is 0. The molecule has 9 nitrogen and oxygen atoms in total. The van der Waals surface area contributed by atoms with Crippen LogP contribution < -0.4 is 16.0 Å². The summed E-state index contributed by atoms with van der Waals surface area (Å²) in [5, 5.41) is 17.3. The lowest BCUT2D eigenvalue weighted by Crippen LogP contribution is -2.38. The van der Waals surface area contributed by atoms with Crippen molar-refractivity contribution in [3.05, 3.63) is 71.9 Å². The highest BCUT2D eigenvalue weighted by molar-refractivity contribution is 5.98. The number of nitrogens with zero attached hydrogens (tertiary/aromatic N) is 3. The van der Waals surface area contributed by atoms with Gasteiger partial charge in [0.2, 0.25) is 11.8 Å². The molecular weight excluding hydrogens is 396 g/mol. The molecule has 1 amide bonds. The maximum absolute atomic E-state index is 11.7. The lowest BCUT2D eigenvalue weighted by atomic mass is 9.99. The van der Waals surface area contributed by atoms with E-state index in [0.29, 0.717) is 17.6 Å². The van der Waals surface area contributed by atoms with Crippen LogP contribution in [0.2, 0.25) is 0 Å². The van der Waals surface area contributed by atoms with E-state index in [0.717, 1.165) is 49.8 Å². The summed E-state index contributed by atoms with van der Waals surface area (Å²) in [7, 11) is 0. The van der Waals surface area contributed by atoms with Gasteiger partial charge in [-0.25, -0.2) is 0 Å². The zero-order valence-electron chi connectivity index (χ0n) is 17.4. The maximum Gasteiger partial charge on any atom is 0.321 e. The average molecular weight is 422 g/mol. The van der Waals surface area contributed by atoms with Crippen LogP contribution in [0, 0.1) is 6.92 Å². The van der Waals surface area contributed by atoms with Crippen molar-refractivity contribution in [1.82, 2.24) is 20.4 Å². The van der Waals surface area contributed by atoms with E-state index < -0.39 is 0 Å². The fourth-order valence-corrected chi connectivity index (χ4v) is 3.53. The molecule has 1 fully saturated rings. The van der Waals surface area contributed by atoms with Crippen molar-refractivity contribution in [2.45, 2.75) is 13.0 Å². The number of benzene rings is 1. The Bertz CT molecular complexity index is 1010. The van der Waals surface area contributed by atoms with E-state index in [2.05, 4.69) is 49.8 Å². The first-order valence-corrected chi connectivity index (χ1v) is 10.2. The minimum absolute atomic E-state index is 0.104. The van der Waals surface area contributed by atoms with Gasteiger partial charge in [-0.2, -0.15) is 0 Å². The monoisotopic (exact) mass is 422 g/mol. The van der Waals surface area contributed by atoms with Gasteiger partial charge in [0.1, 0.15) is 5.82 Å². The number of morpholine rings is 1. The lowest BCUT2D eigenvalue weighted by Gasteiger charge is -2.30. The van der Waals surface area contributed by atoms with E-state index in [1.807, 2.05) is 24.3 Å². The van der Waals surface area contributed by atoms with Gasteiger partial charge >= 0.3 is 6.01 Å². The molecule has 1 aromatic heterocycles. The van der Waals surface area contributed by atoms with Crippen LogP contribution in [0.3, 0.4) is 0 Å². The molecule has 2 aliphatic rings. The van der Waals surface area contributed by atoms with Gasteiger partial charge in [0, 0.05) is 32.2 Å². The number of anilines is 2. The van der Waals surface area contributed by atoms with Gasteiger partial charge in [-0.05, 0) is 35.4 Å². The van der Waals surface area contributed by atoms with Crippen molar-refractivity contribution < 1.29 is 13.9 Å². The molecule has 1 atom stereocenters. The van der Waals surface area contributed by atoms with Crippen LogP contribution in [0.15, 0.2) is 64.9 Å². The molecule has 0 saturated carbocycles. The summed E-state index contributed by atoms with van der Waals surface area (Å²) in [4.78, 5) is 14.0. The van der Waals surface area contributed by atoms with Crippen molar-refractivity contribution in [2.75, 3.05) is 43.5 Å². The standard InChI is InChI=1S/C22H26N6O3/c1-3-21(29)23-18-6-4-5-17(13-18)19-11-16(14-28-7-9-30-10-8-28)12-20(24-19)25-22-27-26-15(2)31-22/h3-6,11-13,19,24H,1,7-10,14H2,2H3,(H,23,29)(H,25,27). The number of ether oxygens (including phenoxy) is 1. The number of carbonyl (C=O) groups excluding carboxylic acids is 1. The van der Waals surface area contributed by atoms with Gasteiger partial charge in [0.15, 0.2) is 0 Å². The van der Waals surface area contributed by atoms with Crippen molar-refractivity contribution in [3.8, 4) is 0 Å². The highest BCUT2D eigenvalue weighted by Crippen LogP contribution is 2.26. The van der Waals surface area contributed by atoms with E-state index in [9.17, 15) is 4.79 Å². The maximum atomic E-state index is 11.7. The van der Waals surface area contributed by atoms with E-state index in [-0.39, 0.29) is 11.9 Å². The third-order valence-electron chi connectivity index (χ3n) is 5.00. The zero-order valence-corrected chi connectivity index (χ0v) is 17.4. The third kappa shape index (κ3) is 5.59. The largest absolute Gasteiger partial charge is 0.408 e. The normalized spacial score (nSPS) is 19.1. The van der Waals surface area contributed by atoms with Gasteiger partial charge in [-0.15, -0.1) is 5.10 Å². The van der Waals surface area contributed by atoms with Gasteiger partial charge in [0.05, 0.1) is 19.3 Å². The fourth-order valence-electron chi connectivity index (χ4n) is 3.53. The first-order chi connectivity index (χ1) is 15.1. The molecule has 4 rings (SSSR count). The molecule has 0 spiro atoms. The van der Waals surface area contributed by atoms with Crippen LogP contribution in [0.4, 0.5) is 11.7 Å². The quantitative estimate of drug-likeness (QED) is 0.584. The third-order valence-corrected chi connectivity index (χ3v) is 5.00. The zero-order chi connectivity index (χ0) is 21.6. The molecule has 3 heterocycles. The molecular formula is C22H26N6O3. The molecule has 2 aliphatic heterocycles. The summed E-state index contributed by atoms with van der Waals surface area (Å²) in [6, 6.07) is 7.95. The topological polar surface area (TPSA) is 105 Å². The number of rotatable bonds is 7. The highest BCUT2D eigenvalue weighted by atomic mass is 16.5. The Hall–Kier alpha value is -3.43. The Balaban J connectivity index is 1.57. The molecule has 3 N–H and O–H groups in total. The van der Waals surface area contributed by atoms with E-state index in [4.69, 9.17) is 9.15 Å². The molecule has 0 aliphatic carbocycles. The number of hydrogen-bond acceptors (Lipinski definition) is 8. The Morgan fingerprint density at radius 3 is 2.94 bits per heavy atom. The predicted octanol–water partition coefficient (Wildman–Crippen LogP) is 2.36. The summed E-state index contributed by atoms with van der Waals surface area (Å²) in [5.74, 6) is 1.01. The molecule has 2 aromatic rings. The molecule has 0 radical (unpaired) electrons. The van der Waals surface area contributed by atoms with E-state index in [1.165, 1.54) is 6.08 Å². The average Bonchev–Trinajstić information content (AvgIpc) is 3.19. The second kappa shape index (κ2) is 9.59. The lowest BCUT2D eigenvalue weighted by molar-refractivity contribution is -0.111. The Labute approximate surface area is 180 Å². The molecule has 9 heteroatoms. The summed E-state index contributed by atoms with van der Waals surface area (Å²) < 4.78 is 10.9. The van der Waals surface area contributed by atoms with Crippen LogP contribution in [0.25, 0.3) is 0 Å². The fraction of sp³-hybridized carbons (Fsp3) is 0.318. The van der Waals surface area contributed by atoms with E-state index >= 15 is 0 Å². The van der Waals surface area contributed by atoms with Crippen LogP contribution >= 0.6 is 0 Å². The van der Waals surface area contributed by atoms with Crippen molar-refractivity contribution >= 4 is 17.6 Å². The number of amides is 1. The second-order valence-electron chi connectivity index (χ2n) is 7.38. The number of carbonyl (C=O) groups is 1. The van der Waals surface area contributed by atoms with Gasteiger partial charge < -0.3 is 19.8 Å². The number of aromatic nitrogens is 2. The minimum Gasteiger partial charge on any atom is -0.408 e. The minimum atomic E-state index is -0.244. The first-order valence-electron chi connectivity index (χ1n) is 10.2. The number of dihydropyridines is 1. The summed E-state index contributed by atoms with van der Waals surface area (Å²) in [5.41, 5.74) is 2.88. The Morgan fingerprint density at radius 2 is 2.19 bits per heavy atom. The van der Waals surface area contributed by atoms with Crippen LogP contribution in [-0.2, 0) is 9.53 Å². The first kappa shape index (κ1) is 20.8. The summed E-state index contributed by atoms with van der Waals surface area (Å²) in [6.45, 7) is 9.35. The molecule has 0 bridgehead atoms. The van der Waals surface area contributed by atoms with Crippen LogP contribution in [-0.4, -0.2) is 53.9 Å². The van der Waals surface area contributed by atoms with Crippen LogP contribution in [0.5, 0.6) is 0 Å². The molecule has 1 saturated heterocycles. The number of hydrogen-bond donors (Lipinski definition) is 3. The van der Waals surface area contributed by atoms with Gasteiger partial charge in [-0.1, -0.05) is 29.9 Å². The Kier molecular flexibility index (Phi) is 6.44. The smallest absolute Gasteiger partial charge is 0.321 e.